The minimum atomic E-state index is -3.36. The summed E-state index contributed by atoms with van der Waals surface area (Å²) in [5.41, 5.74) is 2.11. The van der Waals surface area contributed by atoms with Gasteiger partial charge in [0.2, 0.25) is 0 Å². The summed E-state index contributed by atoms with van der Waals surface area (Å²) in [7, 11) is -3.36. The number of thioether (sulfide) groups is 1. The van der Waals surface area contributed by atoms with E-state index in [2.05, 4.69) is 6.92 Å². The first-order valence-corrected chi connectivity index (χ1v) is 10.9. The van der Waals surface area contributed by atoms with E-state index in [1.807, 2.05) is 31.2 Å². The third-order valence-corrected chi connectivity index (χ3v) is 6.70. The van der Waals surface area contributed by atoms with Crippen molar-refractivity contribution in [2.45, 2.75) is 35.3 Å². The lowest BCUT2D eigenvalue weighted by Crippen LogP contribution is -2.32. The summed E-state index contributed by atoms with van der Waals surface area (Å²) >= 11 is 1.77. The van der Waals surface area contributed by atoms with Gasteiger partial charge in [0.15, 0.2) is 9.84 Å². The number of fused-ring (bicyclic) bond motifs is 1. The van der Waals surface area contributed by atoms with Crippen LogP contribution >= 0.6 is 11.8 Å². The molecule has 6 heteroatoms. The standard InChI is InChI=1S/C19H21NO3S2/c1-13-8-9-15(25(3,22)23)12-16(13)19(21)20-11-10-14(2)24-18-7-5-4-6-17(18)20/h4-9,12,14H,10-11H2,1-3H3. The van der Waals surface area contributed by atoms with Gasteiger partial charge in [-0.05, 0) is 43.2 Å². The summed E-state index contributed by atoms with van der Waals surface area (Å²) in [5, 5.41) is 0.419. The number of rotatable bonds is 2. The highest BCUT2D eigenvalue weighted by molar-refractivity contribution is 8.00. The van der Waals surface area contributed by atoms with Crippen LogP contribution in [0.25, 0.3) is 0 Å². The topological polar surface area (TPSA) is 54.5 Å². The van der Waals surface area contributed by atoms with Gasteiger partial charge in [0.05, 0.1) is 10.6 Å². The first-order chi connectivity index (χ1) is 11.8. The minimum absolute atomic E-state index is 0.148. The summed E-state index contributed by atoms with van der Waals surface area (Å²) in [6, 6.07) is 12.6. The van der Waals surface area contributed by atoms with E-state index in [0.29, 0.717) is 17.4 Å². The highest BCUT2D eigenvalue weighted by atomic mass is 32.2. The molecule has 2 aromatic carbocycles. The van der Waals surface area contributed by atoms with Crippen molar-refractivity contribution in [1.29, 1.82) is 0 Å². The number of sulfone groups is 1. The Morgan fingerprint density at radius 1 is 1.20 bits per heavy atom. The van der Waals surface area contributed by atoms with Gasteiger partial charge in [0.1, 0.15) is 0 Å². The third-order valence-electron chi connectivity index (χ3n) is 4.36. The van der Waals surface area contributed by atoms with Crippen molar-refractivity contribution >= 4 is 33.2 Å². The first kappa shape index (κ1) is 18.0. The molecule has 1 aliphatic heterocycles. The van der Waals surface area contributed by atoms with E-state index in [-0.39, 0.29) is 10.8 Å². The second-order valence-corrected chi connectivity index (χ2v) is 9.89. The molecule has 1 atom stereocenters. The van der Waals surface area contributed by atoms with E-state index in [1.54, 1.807) is 28.8 Å². The van der Waals surface area contributed by atoms with Gasteiger partial charge < -0.3 is 4.90 Å². The van der Waals surface area contributed by atoms with E-state index < -0.39 is 9.84 Å². The lowest BCUT2D eigenvalue weighted by molar-refractivity contribution is 0.0985. The Labute approximate surface area is 153 Å². The number of para-hydroxylation sites is 1. The van der Waals surface area contributed by atoms with Gasteiger partial charge in [-0.1, -0.05) is 25.1 Å². The number of aryl methyl sites for hydroxylation is 1. The number of carbonyl (C=O) groups excluding carboxylic acids is 1. The van der Waals surface area contributed by atoms with Crippen LogP contribution in [0.15, 0.2) is 52.3 Å². The molecule has 1 amide bonds. The fourth-order valence-electron chi connectivity index (χ4n) is 2.91. The van der Waals surface area contributed by atoms with Crippen molar-refractivity contribution in [2.24, 2.45) is 0 Å². The normalized spacial score (nSPS) is 17.7. The van der Waals surface area contributed by atoms with Crippen LogP contribution in [0.5, 0.6) is 0 Å². The summed E-state index contributed by atoms with van der Waals surface area (Å²) in [5.74, 6) is -0.148. The Balaban J connectivity index is 2.07. The van der Waals surface area contributed by atoms with E-state index in [0.717, 1.165) is 28.8 Å². The predicted octanol–water partition coefficient (Wildman–Crippen LogP) is 3.93. The van der Waals surface area contributed by atoms with Crippen LogP contribution in [-0.2, 0) is 9.84 Å². The quantitative estimate of drug-likeness (QED) is 0.798. The Hall–Kier alpha value is -1.79. The number of benzene rings is 2. The molecule has 0 saturated carbocycles. The molecule has 3 rings (SSSR count). The van der Waals surface area contributed by atoms with Crippen molar-refractivity contribution in [3.8, 4) is 0 Å². The number of hydrogen-bond donors (Lipinski definition) is 0. The largest absolute Gasteiger partial charge is 0.307 e. The van der Waals surface area contributed by atoms with Gasteiger partial charge in [-0.15, -0.1) is 11.8 Å². The highest BCUT2D eigenvalue weighted by Gasteiger charge is 2.26. The van der Waals surface area contributed by atoms with Crippen molar-refractivity contribution < 1.29 is 13.2 Å². The van der Waals surface area contributed by atoms with E-state index >= 15 is 0 Å². The first-order valence-electron chi connectivity index (χ1n) is 8.15. The molecule has 4 nitrogen and oxygen atoms in total. The van der Waals surface area contributed by atoms with Gasteiger partial charge >= 0.3 is 0 Å². The average Bonchev–Trinajstić information content (AvgIpc) is 2.72. The molecule has 1 heterocycles. The second-order valence-electron chi connectivity index (χ2n) is 6.39. The summed E-state index contributed by atoms with van der Waals surface area (Å²) in [6.07, 6.45) is 2.04. The van der Waals surface area contributed by atoms with E-state index in [1.165, 1.54) is 6.07 Å². The van der Waals surface area contributed by atoms with Crippen LogP contribution < -0.4 is 4.90 Å². The van der Waals surface area contributed by atoms with Crippen LogP contribution in [-0.4, -0.2) is 32.4 Å². The van der Waals surface area contributed by atoms with E-state index in [4.69, 9.17) is 0 Å². The molecule has 2 aromatic rings. The molecule has 1 unspecified atom stereocenters. The number of carbonyl (C=O) groups is 1. The molecular formula is C19H21NO3S2. The van der Waals surface area contributed by atoms with Crippen LogP contribution in [0.3, 0.4) is 0 Å². The zero-order valence-corrected chi connectivity index (χ0v) is 16.2. The fourth-order valence-corrected chi connectivity index (χ4v) is 4.67. The SMILES string of the molecule is Cc1ccc(S(C)(=O)=O)cc1C(=O)N1CCC(C)Sc2ccccc21. The van der Waals surface area contributed by atoms with Gasteiger partial charge in [-0.2, -0.15) is 0 Å². The Morgan fingerprint density at radius 2 is 1.92 bits per heavy atom. The molecular weight excluding hydrogens is 354 g/mol. The van der Waals surface area contributed by atoms with Crippen molar-refractivity contribution in [1.82, 2.24) is 0 Å². The zero-order chi connectivity index (χ0) is 18.2. The number of anilines is 1. The smallest absolute Gasteiger partial charge is 0.258 e. The third kappa shape index (κ3) is 3.75. The number of hydrogen-bond acceptors (Lipinski definition) is 4. The molecule has 25 heavy (non-hydrogen) atoms. The lowest BCUT2D eigenvalue weighted by atomic mass is 10.1. The van der Waals surface area contributed by atoms with E-state index in [9.17, 15) is 13.2 Å². The van der Waals surface area contributed by atoms with Crippen LogP contribution in [0.2, 0.25) is 0 Å². The van der Waals surface area contributed by atoms with Crippen LogP contribution in [0.1, 0.15) is 29.3 Å². The number of nitrogens with zero attached hydrogens (tertiary/aromatic N) is 1. The molecule has 0 spiro atoms. The van der Waals surface area contributed by atoms with Crippen molar-refractivity contribution in [3.05, 3.63) is 53.6 Å². The zero-order valence-electron chi connectivity index (χ0n) is 14.5. The lowest BCUT2D eigenvalue weighted by Gasteiger charge is -2.23. The van der Waals surface area contributed by atoms with Gasteiger partial charge in [-0.25, -0.2) is 8.42 Å². The summed E-state index contributed by atoms with van der Waals surface area (Å²) < 4.78 is 23.7. The monoisotopic (exact) mass is 375 g/mol. The number of amides is 1. The molecule has 0 radical (unpaired) electrons. The van der Waals surface area contributed by atoms with Gasteiger partial charge in [-0.3, -0.25) is 4.79 Å². The van der Waals surface area contributed by atoms with Crippen LogP contribution in [0, 0.1) is 6.92 Å². The maximum absolute atomic E-state index is 13.2. The maximum Gasteiger partial charge on any atom is 0.258 e. The van der Waals surface area contributed by atoms with Crippen molar-refractivity contribution in [2.75, 3.05) is 17.7 Å². The highest BCUT2D eigenvalue weighted by Crippen LogP contribution is 2.38. The average molecular weight is 376 g/mol. The molecule has 0 aliphatic carbocycles. The summed E-state index contributed by atoms with van der Waals surface area (Å²) in [6.45, 7) is 4.61. The van der Waals surface area contributed by atoms with Gasteiger partial charge in [0.25, 0.3) is 5.91 Å². The van der Waals surface area contributed by atoms with Gasteiger partial charge in [0, 0.05) is 28.5 Å². The second kappa shape index (κ2) is 6.84. The van der Waals surface area contributed by atoms with Crippen molar-refractivity contribution in [3.63, 3.8) is 0 Å². The molecule has 132 valence electrons. The molecule has 0 saturated heterocycles. The predicted molar refractivity (Wildman–Crippen MR) is 102 cm³/mol. The Kier molecular flexibility index (Phi) is 4.93. The molecule has 1 aliphatic rings. The molecule has 0 aromatic heterocycles. The van der Waals surface area contributed by atoms with Crippen LogP contribution in [0.4, 0.5) is 5.69 Å². The maximum atomic E-state index is 13.2. The molecule has 0 fully saturated rings. The molecule has 0 N–H and O–H groups in total. The summed E-state index contributed by atoms with van der Waals surface area (Å²) in [4.78, 5) is 16.3. The molecule has 0 bridgehead atoms. The Bertz CT molecular complexity index is 922. The minimum Gasteiger partial charge on any atom is -0.307 e. The Morgan fingerprint density at radius 3 is 2.64 bits per heavy atom. The fraction of sp³-hybridized carbons (Fsp3) is 0.316.